The minimum Gasteiger partial charge on any atom is -0.349 e. The predicted octanol–water partition coefficient (Wildman–Crippen LogP) is 4.69. The van der Waals surface area contributed by atoms with Crippen LogP contribution in [0.4, 0.5) is 0 Å². The largest absolute Gasteiger partial charge is 0.349 e. The molecule has 0 radical (unpaired) electrons. The third-order valence-corrected chi connectivity index (χ3v) is 5.90. The van der Waals surface area contributed by atoms with Gasteiger partial charge in [-0.1, -0.05) is 25.3 Å². The highest BCUT2D eigenvalue weighted by atomic mass is 32.2. The number of pyridine rings is 1. The first-order valence-electron chi connectivity index (χ1n) is 9.24. The summed E-state index contributed by atoms with van der Waals surface area (Å²) in [5.74, 6) is 0.865. The van der Waals surface area contributed by atoms with E-state index in [-0.39, 0.29) is 5.91 Å². The highest BCUT2D eigenvalue weighted by molar-refractivity contribution is 7.98. The Bertz CT molecular complexity index is 849. The molecule has 0 atom stereocenters. The van der Waals surface area contributed by atoms with Crippen molar-refractivity contribution in [1.29, 1.82) is 0 Å². The SMILES string of the molecule is O=C(NC1CCCCC1)c1ccc(SCc2cn3ccccc3n2)cc1. The molecule has 26 heavy (non-hydrogen) atoms. The molecule has 1 N–H and O–H groups in total. The summed E-state index contributed by atoms with van der Waals surface area (Å²) < 4.78 is 2.04. The van der Waals surface area contributed by atoms with Crippen molar-refractivity contribution < 1.29 is 4.79 Å². The molecule has 2 heterocycles. The molecule has 0 spiro atoms. The molecule has 1 fully saturated rings. The summed E-state index contributed by atoms with van der Waals surface area (Å²) >= 11 is 1.74. The van der Waals surface area contributed by atoms with Crippen molar-refractivity contribution in [1.82, 2.24) is 14.7 Å². The van der Waals surface area contributed by atoms with Crippen molar-refractivity contribution in [2.24, 2.45) is 0 Å². The Morgan fingerprint density at radius 3 is 2.69 bits per heavy atom. The number of hydrogen-bond acceptors (Lipinski definition) is 3. The van der Waals surface area contributed by atoms with Crippen molar-refractivity contribution in [2.45, 2.75) is 48.8 Å². The number of nitrogens with zero attached hydrogens (tertiary/aromatic N) is 2. The summed E-state index contributed by atoms with van der Waals surface area (Å²) in [5.41, 5.74) is 2.77. The Hall–Kier alpha value is -2.27. The molecule has 0 unspecified atom stereocenters. The van der Waals surface area contributed by atoms with E-state index < -0.39 is 0 Å². The molecule has 1 aromatic carbocycles. The minimum atomic E-state index is 0.0498. The van der Waals surface area contributed by atoms with E-state index in [1.165, 1.54) is 19.3 Å². The maximum Gasteiger partial charge on any atom is 0.251 e. The number of benzene rings is 1. The van der Waals surface area contributed by atoms with Gasteiger partial charge in [0.05, 0.1) is 5.69 Å². The summed E-state index contributed by atoms with van der Waals surface area (Å²) in [4.78, 5) is 18.1. The van der Waals surface area contributed by atoms with Crippen LogP contribution in [-0.4, -0.2) is 21.3 Å². The van der Waals surface area contributed by atoms with Gasteiger partial charge in [-0.2, -0.15) is 0 Å². The van der Waals surface area contributed by atoms with Crippen LogP contribution in [0.15, 0.2) is 59.8 Å². The maximum absolute atomic E-state index is 12.4. The predicted molar refractivity (Wildman–Crippen MR) is 106 cm³/mol. The fourth-order valence-corrected chi connectivity index (χ4v) is 4.21. The average molecular weight is 366 g/mol. The number of thioether (sulfide) groups is 1. The fraction of sp³-hybridized carbons (Fsp3) is 0.333. The Balaban J connectivity index is 1.34. The number of fused-ring (bicyclic) bond motifs is 1. The topological polar surface area (TPSA) is 46.4 Å². The summed E-state index contributed by atoms with van der Waals surface area (Å²) in [6.07, 6.45) is 10.0. The first kappa shape index (κ1) is 17.2. The van der Waals surface area contributed by atoms with Gasteiger partial charge >= 0.3 is 0 Å². The molecule has 3 aromatic rings. The molecule has 5 heteroatoms. The van der Waals surface area contributed by atoms with Crippen molar-refractivity contribution >= 4 is 23.3 Å². The van der Waals surface area contributed by atoms with Crippen molar-refractivity contribution in [3.63, 3.8) is 0 Å². The molecule has 4 rings (SSSR count). The lowest BCUT2D eigenvalue weighted by Gasteiger charge is -2.22. The van der Waals surface area contributed by atoms with E-state index >= 15 is 0 Å². The Labute approximate surface area is 158 Å². The van der Waals surface area contributed by atoms with Gasteiger partial charge in [-0.3, -0.25) is 4.79 Å². The van der Waals surface area contributed by atoms with E-state index in [0.717, 1.165) is 40.4 Å². The molecule has 0 bridgehead atoms. The highest BCUT2D eigenvalue weighted by Gasteiger charge is 2.16. The first-order chi connectivity index (χ1) is 12.8. The molecular weight excluding hydrogens is 342 g/mol. The molecule has 1 saturated carbocycles. The van der Waals surface area contributed by atoms with Crippen LogP contribution in [0, 0.1) is 0 Å². The van der Waals surface area contributed by atoms with Crippen molar-refractivity contribution in [3.8, 4) is 0 Å². The lowest BCUT2D eigenvalue weighted by Crippen LogP contribution is -2.36. The third-order valence-electron chi connectivity index (χ3n) is 4.86. The van der Waals surface area contributed by atoms with E-state index in [1.807, 2.05) is 53.1 Å². The summed E-state index contributed by atoms with van der Waals surface area (Å²) in [7, 11) is 0. The molecule has 0 saturated heterocycles. The molecule has 0 aliphatic heterocycles. The van der Waals surface area contributed by atoms with E-state index in [2.05, 4.69) is 16.5 Å². The van der Waals surface area contributed by atoms with Crippen LogP contribution in [0.2, 0.25) is 0 Å². The molecular formula is C21H23N3OS. The van der Waals surface area contributed by atoms with Crippen LogP contribution in [-0.2, 0) is 5.75 Å². The zero-order chi connectivity index (χ0) is 17.8. The van der Waals surface area contributed by atoms with Crippen LogP contribution in [0.3, 0.4) is 0 Å². The number of hydrogen-bond donors (Lipinski definition) is 1. The third kappa shape index (κ3) is 4.10. The molecule has 2 aromatic heterocycles. The average Bonchev–Trinajstić information content (AvgIpc) is 3.10. The van der Waals surface area contributed by atoms with Crippen LogP contribution in [0.25, 0.3) is 5.65 Å². The van der Waals surface area contributed by atoms with Gasteiger partial charge in [0.1, 0.15) is 5.65 Å². The maximum atomic E-state index is 12.4. The number of imidazole rings is 1. The van der Waals surface area contributed by atoms with E-state index in [1.54, 1.807) is 11.8 Å². The molecule has 1 aliphatic carbocycles. The van der Waals surface area contributed by atoms with Gasteiger partial charge in [-0.15, -0.1) is 11.8 Å². The zero-order valence-corrected chi connectivity index (χ0v) is 15.5. The normalized spacial score (nSPS) is 15.2. The Morgan fingerprint density at radius 1 is 1.12 bits per heavy atom. The second-order valence-electron chi connectivity index (χ2n) is 6.82. The second kappa shape index (κ2) is 7.96. The molecule has 1 aliphatic rings. The van der Waals surface area contributed by atoms with Gasteiger partial charge in [0.2, 0.25) is 0 Å². The van der Waals surface area contributed by atoms with Gasteiger partial charge < -0.3 is 9.72 Å². The second-order valence-corrected chi connectivity index (χ2v) is 7.87. The van der Waals surface area contributed by atoms with Gasteiger partial charge in [-0.25, -0.2) is 4.98 Å². The molecule has 1 amide bonds. The monoisotopic (exact) mass is 365 g/mol. The number of carbonyl (C=O) groups is 1. The lowest BCUT2D eigenvalue weighted by atomic mass is 9.95. The number of carbonyl (C=O) groups excluding carboxylic acids is 1. The van der Waals surface area contributed by atoms with Gasteiger partial charge in [0.25, 0.3) is 5.91 Å². The van der Waals surface area contributed by atoms with Gasteiger partial charge in [0.15, 0.2) is 0 Å². The quantitative estimate of drug-likeness (QED) is 0.667. The lowest BCUT2D eigenvalue weighted by molar-refractivity contribution is 0.0927. The van der Waals surface area contributed by atoms with Crippen LogP contribution < -0.4 is 5.32 Å². The number of amides is 1. The van der Waals surface area contributed by atoms with Crippen molar-refractivity contribution in [3.05, 3.63) is 66.1 Å². The summed E-state index contributed by atoms with van der Waals surface area (Å²) in [6.45, 7) is 0. The highest BCUT2D eigenvalue weighted by Crippen LogP contribution is 2.23. The Morgan fingerprint density at radius 2 is 1.92 bits per heavy atom. The Kier molecular flexibility index (Phi) is 5.25. The van der Waals surface area contributed by atoms with Crippen LogP contribution in [0.5, 0.6) is 0 Å². The standard InChI is InChI=1S/C21H23N3OS/c25-21(23-17-6-2-1-3-7-17)16-9-11-19(12-10-16)26-15-18-14-24-13-5-4-8-20(24)22-18/h4-5,8-14,17H,1-3,6-7,15H2,(H,23,25). The van der Waals surface area contributed by atoms with Gasteiger partial charge in [0, 0.05) is 34.6 Å². The van der Waals surface area contributed by atoms with E-state index in [4.69, 9.17) is 0 Å². The van der Waals surface area contributed by atoms with Crippen LogP contribution >= 0.6 is 11.8 Å². The molecule has 4 nitrogen and oxygen atoms in total. The van der Waals surface area contributed by atoms with E-state index in [0.29, 0.717) is 6.04 Å². The minimum absolute atomic E-state index is 0.0498. The van der Waals surface area contributed by atoms with Crippen molar-refractivity contribution in [2.75, 3.05) is 0 Å². The summed E-state index contributed by atoms with van der Waals surface area (Å²) in [5, 5.41) is 3.17. The van der Waals surface area contributed by atoms with Crippen LogP contribution in [0.1, 0.15) is 48.2 Å². The first-order valence-corrected chi connectivity index (χ1v) is 10.2. The summed E-state index contributed by atoms with van der Waals surface area (Å²) in [6, 6.07) is 14.2. The smallest absolute Gasteiger partial charge is 0.251 e. The van der Waals surface area contributed by atoms with E-state index in [9.17, 15) is 4.79 Å². The van der Waals surface area contributed by atoms with Gasteiger partial charge in [-0.05, 0) is 49.2 Å². The fourth-order valence-electron chi connectivity index (χ4n) is 3.43. The number of nitrogens with one attached hydrogen (secondary N) is 1. The number of aromatic nitrogens is 2. The molecule has 134 valence electrons. The number of rotatable bonds is 5. The zero-order valence-electron chi connectivity index (χ0n) is 14.7.